The summed E-state index contributed by atoms with van der Waals surface area (Å²) in [5.74, 6) is 0.600. The largest absolute Gasteiger partial charge is 0.435 e. The van der Waals surface area contributed by atoms with Crippen molar-refractivity contribution in [1.29, 1.82) is 0 Å². The number of hydrogen-bond acceptors (Lipinski definition) is 3. The van der Waals surface area contributed by atoms with Crippen LogP contribution in [0.5, 0.6) is 0 Å². The molecule has 2 aromatic heterocycles. The maximum atomic E-state index is 6.66. The van der Waals surface area contributed by atoms with Gasteiger partial charge in [-0.05, 0) is 83.2 Å². The van der Waals surface area contributed by atoms with Crippen molar-refractivity contribution in [3.05, 3.63) is 188 Å². The third-order valence-electron chi connectivity index (χ3n) is 9.77. The fourth-order valence-corrected chi connectivity index (χ4v) is 7.43. The monoisotopic (exact) mass is 653 g/mol. The van der Waals surface area contributed by atoms with E-state index in [9.17, 15) is 0 Å². The van der Waals surface area contributed by atoms with Gasteiger partial charge >= 0.3 is 0 Å². The van der Waals surface area contributed by atoms with Gasteiger partial charge in [-0.25, -0.2) is 4.98 Å². The highest BCUT2D eigenvalue weighted by molar-refractivity contribution is 6.13. The number of hydrogen-bond donors (Lipinski definition) is 0. The van der Waals surface area contributed by atoms with Gasteiger partial charge in [0, 0.05) is 38.8 Å². The molecular formula is C47H31N3O. The van der Waals surface area contributed by atoms with Crippen LogP contribution in [0, 0.1) is 0 Å². The Morgan fingerprint density at radius 1 is 0.451 bits per heavy atom. The van der Waals surface area contributed by atoms with E-state index in [0.29, 0.717) is 5.89 Å². The predicted octanol–water partition coefficient (Wildman–Crippen LogP) is 12.9. The predicted molar refractivity (Wildman–Crippen MR) is 211 cm³/mol. The highest BCUT2D eigenvalue weighted by Gasteiger charge is 2.23. The van der Waals surface area contributed by atoms with E-state index in [-0.39, 0.29) is 0 Å². The van der Waals surface area contributed by atoms with E-state index in [1.165, 1.54) is 16.3 Å². The quantitative estimate of drug-likeness (QED) is 0.179. The first-order chi connectivity index (χ1) is 25.3. The topological polar surface area (TPSA) is 34.2 Å². The molecule has 8 aromatic carbocycles. The molecule has 0 amide bonds. The SMILES string of the molecule is c1ccc(-c2cccc(N(c3ccc4c(c3)c3ccccc3n4-c3ccccc3)c3cc4ccccc4c4oc(-c5ccccc5)nc34)c2)cc1. The summed E-state index contributed by atoms with van der Waals surface area (Å²) >= 11 is 0. The van der Waals surface area contributed by atoms with Gasteiger partial charge in [0.1, 0.15) is 5.52 Å². The van der Waals surface area contributed by atoms with E-state index in [4.69, 9.17) is 9.40 Å². The van der Waals surface area contributed by atoms with E-state index in [1.54, 1.807) is 0 Å². The first kappa shape index (κ1) is 29.0. The number of nitrogens with zero attached hydrogens (tertiary/aromatic N) is 3. The molecule has 2 heterocycles. The Kier molecular flexibility index (Phi) is 6.78. The molecule has 4 heteroatoms. The average molecular weight is 654 g/mol. The summed E-state index contributed by atoms with van der Waals surface area (Å²) in [6.07, 6.45) is 0. The molecule has 0 aliphatic heterocycles. The van der Waals surface area contributed by atoms with Gasteiger partial charge < -0.3 is 13.9 Å². The molecule has 0 radical (unpaired) electrons. The number of rotatable bonds is 6. The molecule has 10 aromatic rings. The minimum Gasteiger partial charge on any atom is -0.435 e. The minimum absolute atomic E-state index is 0.600. The van der Waals surface area contributed by atoms with Gasteiger partial charge in [0.2, 0.25) is 5.89 Å². The van der Waals surface area contributed by atoms with Gasteiger partial charge in [0.15, 0.2) is 5.58 Å². The van der Waals surface area contributed by atoms with Crippen LogP contribution in [0.2, 0.25) is 0 Å². The lowest BCUT2D eigenvalue weighted by Crippen LogP contribution is -2.11. The van der Waals surface area contributed by atoms with Gasteiger partial charge in [-0.15, -0.1) is 0 Å². The zero-order valence-electron chi connectivity index (χ0n) is 27.6. The Labute approximate surface area is 295 Å². The highest BCUT2D eigenvalue weighted by atomic mass is 16.3. The summed E-state index contributed by atoms with van der Waals surface area (Å²) in [5, 5.41) is 4.50. The number of benzene rings is 8. The number of fused-ring (bicyclic) bond motifs is 6. The lowest BCUT2D eigenvalue weighted by Gasteiger charge is -2.27. The maximum absolute atomic E-state index is 6.66. The minimum atomic E-state index is 0.600. The van der Waals surface area contributed by atoms with Gasteiger partial charge in [-0.1, -0.05) is 121 Å². The summed E-state index contributed by atoms with van der Waals surface area (Å²) in [7, 11) is 0. The zero-order valence-corrected chi connectivity index (χ0v) is 27.6. The third-order valence-corrected chi connectivity index (χ3v) is 9.77. The normalized spacial score (nSPS) is 11.5. The second kappa shape index (κ2) is 11.9. The van der Waals surface area contributed by atoms with Crippen molar-refractivity contribution in [3.63, 3.8) is 0 Å². The van der Waals surface area contributed by atoms with Crippen LogP contribution in [-0.4, -0.2) is 9.55 Å². The van der Waals surface area contributed by atoms with E-state index in [2.05, 4.69) is 167 Å². The number of anilines is 3. The molecule has 0 saturated carbocycles. The summed E-state index contributed by atoms with van der Waals surface area (Å²) in [5.41, 5.74) is 11.3. The van der Waals surface area contributed by atoms with Crippen LogP contribution >= 0.6 is 0 Å². The molecule has 0 aliphatic rings. The van der Waals surface area contributed by atoms with Crippen molar-refractivity contribution in [2.45, 2.75) is 0 Å². The second-order valence-electron chi connectivity index (χ2n) is 12.8. The van der Waals surface area contributed by atoms with Gasteiger partial charge in [0.25, 0.3) is 0 Å². The van der Waals surface area contributed by atoms with Crippen LogP contribution < -0.4 is 4.90 Å². The van der Waals surface area contributed by atoms with Crippen molar-refractivity contribution in [3.8, 4) is 28.3 Å². The molecular weight excluding hydrogens is 623 g/mol. The molecule has 0 atom stereocenters. The Balaban J connectivity index is 1.27. The first-order valence-electron chi connectivity index (χ1n) is 17.2. The standard InChI is InChI=1S/C47H31N3O/c1-4-15-32(16-5-1)34-20-14-23-37(29-34)49(38-27-28-43-41(31-38)40-25-12-13-26-42(40)50(43)36-21-8-3-9-22-36)44-30-35-19-10-11-24-39(35)46-45(44)48-47(51-46)33-17-6-2-7-18-33/h1-31H. The molecule has 4 nitrogen and oxygen atoms in total. The van der Waals surface area contributed by atoms with Gasteiger partial charge in [-0.2, -0.15) is 0 Å². The van der Waals surface area contributed by atoms with Crippen LogP contribution in [0.3, 0.4) is 0 Å². The summed E-state index contributed by atoms with van der Waals surface area (Å²) in [6, 6.07) is 66.2. The van der Waals surface area contributed by atoms with E-state index >= 15 is 0 Å². The molecule has 10 rings (SSSR count). The van der Waals surface area contributed by atoms with Gasteiger partial charge in [-0.3, -0.25) is 0 Å². The number of para-hydroxylation sites is 2. The summed E-state index contributed by atoms with van der Waals surface area (Å²) < 4.78 is 9.02. The van der Waals surface area contributed by atoms with Crippen LogP contribution in [-0.2, 0) is 0 Å². The number of aromatic nitrogens is 2. The second-order valence-corrected chi connectivity index (χ2v) is 12.8. The Hall–Kier alpha value is -6.91. The molecule has 0 aliphatic carbocycles. The summed E-state index contributed by atoms with van der Waals surface area (Å²) in [6.45, 7) is 0. The summed E-state index contributed by atoms with van der Waals surface area (Å²) in [4.78, 5) is 7.57. The lowest BCUT2D eigenvalue weighted by molar-refractivity contribution is 0.623. The average Bonchev–Trinajstić information content (AvgIpc) is 3.80. The fourth-order valence-electron chi connectivity index (χ4n) is 7.43. The molecule has 0 unspecified atom stereocenters. The maximum Gasteiger partial charge on any atom is 0.227 e. The Morgan fingerprint density at radius 2 is 1.08 bits per heavy atom. The molecule has 0 N–H and O–H groups in total. The van der Waals surface area contributed by atoms with Crippen LogP contribution in [0.4, 0.5) is 17.1 Å². The fraction of sp³-hybridized carbons (Fsp3) is 0. The zero-order chi connectivity index (χ0) is 33.7. The smallest absolute Gasteiger partial charge is 0.227 e. The molecule has 0 fully saturated rings. The van der Waals surface area contributed by atoms with Crippen LogP contribution in [0.15, 0.2) is 192 Å². The van der Waals surface area contributed by atoms with Crippen molar-refractivity contribution in [1.82, 2.24) is 9.55 Å². The van der Waals surface area contributed by atoms with Gasteiger partial charge in [0.05, 0.1) is 16.7 Å². The lowest BCUT2D eigenvalue weighted by atomic mass is 10.0. The van der Waals surface area contributed by atoms with Crippen molar-refractivity contribution in [2.24, 2.45) is 0 Å². The van der Waals surface area contributed by atoms with Crippen molar-refractivity contribution < 1.29 is 4.42 Å². The third kappa shape index (κ3) is 4.88. The van der Waals surface area contributed by atoms with E-state index in [1.807, 2.05) is 30.3 Å². The molecule has 51 heavy (non-hydrogen) atoms. The van der Waals surface area contributed by atoms with E-state index in [0.717, 1.165) is 66.8 Å². The highest BCUT2D eigenvalue weighted by Crippen LogP contribution is 2.45. The molecule has 0 saturated heterocycles. The Morgan fingerprint density at radius 3 is 1.88 bits per heavy atom. The molecule has 0 spiro atoms. The van der Waals surface area contributed by atoms with Crippen LogP contribution in [0.25, 0.3) is 71.9 Å². The van der Waals surface area contributed by atoms with Crippen molar-refractivity contribution in [2.75, 3.05) is 4.90 Å². The van der Waals surface area contributed by atoms with E-state index < -0.39 is 0 Å². The first-order valence-corrected chi connectivity index (χ1v) is 17.2. The van der Waals surface area contributed by atoms with Crippen LogP contribution in [0.1, 0.15) is 0 Å². The molecule has 0 bridgehead atoms. The van der Waals surface area contributed by atoms with Crippen molar-refractivity contribution >= 4 is 60.7 Å². The molecule has 240 valence electrons. The number of oxazole rings is 1. The Bertz CT molecular complexity index is 2850.